The first-order chi connectivity index (χ1) is 16.1. The standard InChI is InChI=1S/C24H20ClF2N3O4/c1-14(15-10-19(25)21(29-11-15)33-13-24(2,26)27)30-12-18-17(22(30)31)8-9-28-20(18)23(32)34-16-6-4-3-5-7-16/h3-11,14H,12-13H2,1-2H3. The highest BCUT2D eigenvalue weighted by Gasteiger charge is 2.35. The van der Waals surface area contributed by atoms with Crippen LogP contribution in [0.3, 0.4) is 0 Å². The fourth-order valence-corrected chi connectivity index (χ4v) is 3.76. The summed E-state index contributed by atoms with van der Waals surface area (Å²) in [4.78, 5) is 35.5. The van der Waals surface area contributed by atoms with Crippen molar-refractivity contribution in [2.45, 2.75) is 32.4 Å². The Morgan fingerprint density at radius 1 is 1.24 bits per heavy atom. The molecule has 1 aliphatic heterocycles. The van der Waals surface area contributed by atoms with E-state index in [2.05, 4.69) is 9.97 Å². The number of aromatic nitrogens is 2. The van der Waals surface area contributed by atoms with Crippen molar-refractivity contribution < 1.29 is 27.8 Å². The van der Waals surface area contributed by atoms with Gasteiger partial charge in [-0.3, -0.25) is 4.79 Å². The summed E-state index contributed by atoms with van der Waals surface area (Å²) in [5.41, 5.74) is 1.45. The van der Waals surface area contributed by atoms with Crippen LogP contribution in [0, 0.1) is 0 Å². The van der Waals surface area contributed by atoms with Crippen molar-refractivity contribution in [2.75, 3.05) is 6.61 Å². The molecule has 34 heavy (non-hydrogen) atoms. The number of hydrogen-bond acceptors (Lipinski definition) is 6. The molecule has 0 saturated heterocycles. The number of nitrogens with zero attached hydrogens (tertiary/aromatic N) is 3. The lowest BCUT2D eigenvalue weighted by Gasteiger charge is -2.25. The van der Waals surface area contributed by atoms with Gasteiger partial charge in [-0.2, -0.15) is 0 Å². The molecule has 0 N–H and O–H groups in total. The zero-order valence-electron chi connectivity index (χ0n) is 18.3. The summed E-state index contributed by atoms with van der Waals surface area (Å²) in [5.74, 6) is -3.74. The highest BCUT2D eigenvalue weighted by atomic mass is 35.5. The van der Waals surface area contributed by atoms with E-state index in [0.717, 1.165) is 6.92 Å². The maximum absolute atomic E-state index is 13.1. The van der Waals surface area contributed by atoms with Crippen LogP contribution in [0.5, 0.6) is 11.6 Å². The van der Waals surface area contributed by atoms with Gasteiger partial charge in [-0.1, -0.05) is 29.8 Å². The number of ether oxygens (including phenoxy) is 2. The average molecular weight is 488 g/mol. The number of esters is 1. The smallest absolute Gasteiger partial charge is 0.362 e. The molecule has 0 saturated carbocycles. The van der Waals surface area contributed by atoms with Crippen molar-refractivity contribution in [3.05, 3.63) is 82.3 Å². The second kappa shape index (κ2) is 9.34. The molecule has 3 heterocycles. The molecule has 4 rings (SSSR count). The number of carbonyl (C=O) groups is 2. The minimum Gasteiger partial charge on any atom is -0.470 e. The van der Waals surface area contributed by atoms with Crippen molar-refractivity contribution in [3.63, 3.8) is 0 Å². The topological polar surface area (TPSA) is 81.6 Å². The molecular weight excluding hydrogens is 468 g/mol. The van der Waals surface area contributed by atoms with Crippen molar-refractivity contribution in [1.29, 1.82) is 0 Å². The van der Waals surface area contributed by atoms with Gasteiger partial charge in [0.1, 0.15) is 10.8 Å². The van der Waals surface area contributed by atoms with Crippen molar-refractivity contribution in [3.8, 4) is 11.6 Å². The van der Waals surface area contributed by atoms with Gasteiger partial charge in [-0.25, -0.2) is 23.5 Å². The molecule has 1 unspecified atom stereocenters. The van der Waals surface area contributed by atoms with Crippen LogP contribution in [-0.4, -0.2) is 39.3 Å². The van der Waals surface area contributed by atoms with Gasteiger partial charge in [0.05, 0.1) is 6.04 Å². The van der Waals surface area contributed by atoms with Gasteiger partial charge in [-0.05, 0) is 36.8 Å². The normalized spacial score (nSPS) is 14.0. The largest absolute Gasteiger partial charge is 0.470 e. The molecule has 0 bridgehead atoms. The quantitative estimate of drug-likeness (QED) is 0.340. The summed E-state index contributed by atoms with van der Waals surface area (Å²) in [7, 11) is 0. The highest BCUT2D eigenvalue weighted by molar-refractivity contribution is 6.31. The SMILES string of the molecule is CC(c1cnc(OCC(C)(F)F)c(Cl)c1)N1Cc2c(ccnc2C(=O)Oc2ccccc2)C1=O. The number of rotatable bonds is 7. The highest BCUT2D eigenvalue weighted by Crippen LogP contribution is 2.34. The summed E-state index contributed by atoms with van der Waals surface area (Å²) in [6.45, 7) is 1.77. The van der Waals surface area contributed by atoms with Gasteiger partial charge in [0.2, 0.25) is 5.88 Å². The molecule has 1 amide bonds. The van der Waals surface area contributed by atoms with E-state index >= 15 is 0 Å². The molecule has 0 spiro atoms. The fraction of sp³-hybridized carbons (Fsp3) is 0.250. The number of amides is 1. The number of carbonyl (C=O) groups excluding carboxylic acids is 2. The Hall–Kier alpha value is -3.59. The summed E-state index contributed by atoms with van der Waals surface area (Å²) in [6, 6.07) is 11.1. The monoisotopic (exact) mass is 487 g/mol. The zero-order chi connectivity index (χ0) is 24.5. The molecule has 2 aromatic heterocycles. The Morgan fingerprint density at radius 2 is 1.97 bits per heavy atom. The molecule has 1 atom stereocenters. The molecule has 176 valence electrons. The summed E-state index contributed by atoms with van der Waals surface area (Å²) in [5, 5.41) is 0.0477. The lowest BCUT2D eigenvalue weighted by Crippen LogP contribution is -2.27. The molecule has 0 aliphatic carbocycles. The minimum absolute atomic E-state index is 0.0477. The number of benzene rings is 1. The fourth-order valence-electron chi connectivity index (χ4n) is 3.53. The van der Waals surface area contributed by atoms with Crippen LogP contribution in [0.15, 0.2) is 54.9 Å². The molecule has 1 aromatic carbocycles. The minimum atomic E-state index is -3.03. The van der Waals surface area contributed by atoms with Crippen LogP contribution in [0.4, 0.5) is 8.78 Å². The van der Waals surface area contributed by atoms with Gasteiger partial charge in [0, 0.05) is 37.0 Å². The van der Waals surface area contributed by atoms with E-state index in [0.29, 0.717) is 22.4 Å². The van der Waals surface area contributed by atoms with Gasteiger partial charge >= 0.3 is 5.97 Å². The van der Waals surface area contributed by atoms with Gasteiger partial charge in [0.15, 0.2) is 12.3 Å². The summed E-state index contributed by atoms with van der Waals surface area (Å²) in [6.07, 6.45) is 2.80. The molecule has 10 heteroatoms. The van der Waals surface area contributed by atoms with E-state index in [1.807, 2.05) is 0 Å². The van der Waals surface area contributed by atoms with Crippen molar-refractivity contribution in [2.24, 2.45) is 0 Å². The Morgan fingerprint density at radius 3 is 2.65 bits per heavy atom. The molecule has 0 radical (unpaired) electrons. The third kappa shape index (κ3) is 4.99. The van der Waals surface area contributed by atoms with Crippen LogP contribution in [0.1, 0.15) is 51.9 Å². The van der Waals surface area contributed by atoms with E-state index in [1.165, 1.54) is 18.5 Å². The van der Waals surface area contributed by atoms with Crippen LogP contribution in [0.25, 0.3) is 0 Å². The number of alkyl halides is 2. The molecule has 7 nitrogen and oxygen atoms in total. The van der Waals surface area contributed by atoms with E-state index in [9.17, 15) is 18.4 Å². The average Bonchev–Trinajstić information content (AvgIpc) is 3.14. The number of halogens is 3. The Balaban J connectivity index is 1.53. The predicted octanol–water partition coefficient (Wildman–Crippen LogP) is 5.10. The van der Waals surface area contributed by atoms with E-state index in [4.69, 9.17) is 21.1 Å². The lowest BCUT2D eigenvalue weighted by molar-refractivity contribution is -0.0242. The Kier molecular flexibility index (Phi) is 6.47. The predicted molar refractivity (Wildman–Crippen MR) is 119 cm³/mol. The second-order valence-corrected chi connectivity index (χ2v) is 8.32. The van der Waals surface area contributed by atoms with Gasteiger partial charge in [-0.15, -0.1) is 0 Å². The lowest BCUT2D eigenvalue weighted by atomic mass is 10.1. The first kappa shape index (κ1) is 23.6. The molecule has 3 aromatic rings. The van der Waals surface area contributed by atoms with Crippen molar-refractivity contribution >= 4 is 23.5 Å². The molecule has 0 fully saturated rings. The van der Waals surface area contributed by atoms with E-state index in [1.54, 1.807) is 48.2 Å². The van der Waals surface area contributed by atoms with Crippen molar-refractivity contribution in [1.82, 2.24) is 14.9 Å². The number of pyridine rings is 2. The van der Waals surface area contributed by atoms with E-state index in [-0.39, 0.29) is 29.0 Å². The first-order valence-corrected chi connectivity index (χ1v) is 10.7. The third-order valence-corrected chi connectivity index (χ3v) is 5.53. The maximum atomic E-state index is 13.1. The van der Waals surface area contributed by atoms with Crippen LogP contribution < -0.4 is 9.47 Å². The summed E-state index contributed by atoms with van der Waals surface area (Å²) < 4.78 is 36.5. The van der Waals surface area contributed by atoms with Gasteiger partial charge < -0.3 is 14.4 Å². The number of fused-ring (bicyclic) bond motifs is 1. The molecule has 1 aliphatic rings. The van der Waals surface area contributed by atoms with E-state index < -0.39 is 24.5 Å². The van der Waals surface area contributed by atoms with Crippen LogP contribution in [-0.2, 0) is 6.54 Å². The number of hydrogen-bond donors (Lipinski definition) is 0. The first-order valence-electron chi connectivity index (χ1n) is 10.4. The summed E-state index contributed by atoms with van der Waals surface area (Å²) >= 11 is 6.17. The van der Waals surface area contributed by atoms with Crippen LogP contribution in [0.2, 0.25) is 5.02 Å². The molecular formula is C24H20ClF2N3O4. The Labute approximate surface area is 199 Å². The second-order valence-electron chi connectivity index (χ2n) is 7.91. The van der Waals surface area contributed by atoms with Gasteiger partial charge in [0.25, 0.3) is 11.8 Å². The third-order valence-electron chi connectivity index (χ3n) is 5.26. The van der Waals surface area contributed by atoms with Crippen LogP contribution >= 0.6 is 11.6 Å². The number of para-hydroxylation sites is 1. The maximum Gasteiger partial charge on any atom is 0.362 e. The zero-order valence-corrected chi connectivity index (χ0v) is 19.1. The Bertz CT molecular complexity index is 1230.